The van der Waals surface area contributed by atoms with E-state index in [1.165, 1.54) is 54.1 Å². The summed E-state index contributed by atoms with van der Waals surface area (Å²) in [6.07, 6.45) is 1.85. The molecule has 0 spiro atoms. The van der Waals surface area contributed by atoms with Gasteiger partial charge in [0.05, 0.1) is 23.8 Å². The molecular weight excluding hydrogens is 490 g/mol. The first-order valence-electron chi connectivity index (χ1n) is 11.2. The van der Waals surface area contributed by atoms with Crippen molar-refractivity contribution >= 4 is 43.5 Å². The third-order valence-electron chi connectivity index (χ3n) is 5.95. The molecule has 35 heavy (non-hydrogen) atoms. The van der Waals surface area contributed by atoms with E-state index in [9.17, 15) is 18.0 Å². The molecule has 0 bridgehead atoms. The van der Waals surface area contributed by atoms with Crippen LogP contribution in [0.25, 0.3) is 10.2 Å². The van der Waals surface area contributed by atoms with Gasteiger partial charge in [0.25, 0.3) is 5.91 Å². The van der Waals surface area contributed by atoms with Crippen LogP contribution in [0, 0.1) is 5.92 Å². The molecule has 4 rings (SSSR count). The van der Waals surface area contributed by atoms with E-state index in [1.807, 2.05) is 19.1 Å². The van der Waals surface area contributed by atoms with Crippen LogP contribution in [0.3, 0.4) is 0 Å². The number of aromatic nitrogens is 1. The Morgan fingerprint density at radius 3 is 2.54 bits per heavy atom. The maximum Gasteiger partial charge on any atom is 0.325 e. The predicted octanol–water partition coefficient (Wildman–Crippen LogP) is 3.05. The molecule has 2 heterocycles. The Labute approximate surface area is 207 Å². The van der Waals surface area contributed by atoms with Crippen molar-refractivity contribution in [2.45, 2.75) is 31.2 Å². The van der Waals surface area contributed by atoms with Crippen LogP contribution < -0.4 is 9.54 Å². The van der Waals surface area contributed by atoms with Gasteiger partial charge in [0.1, 0.15) is 17.8 Å². The Kier molecular flexibility index (Phi) is 7.39. The smallest absolute Gasteiger partial charge is 0.325 e. The quantitative estimate of drug-likeness (QED) is 0.465. The van der Waals surface area contributed by atoms with Crippen molar-refractivity contribution in [1.29, 1.82) is 0 Å². The molecule has 3 aromatic rings. The fourth-order valence-electron chi connectivity index (χ4n) is 4.12. The summed E-state index contributed by atoms with van der Waals surface area (Å²) in [5.41, 5.74) is 0.874. The molecule has 186 valence electrons. The van der Waals surface area contributed by atoms with Crippen LogP contribution in [0.15, 0.2) is 52.4 Å². The molecule has 1 aromatic heterocycles. The monoisotopic (exact) mass is 517 g/mol. The molecule has 1 fully saturated rings. The average Bonchev–Trinajstić information content (AvgIpc) is 3.20. The zero-order chi connectivity index (χ0) is 25.2. The maximum atomic E-state index is 13.0. The number of benzene rings is 2. The van der Waals surface area contributed by atoms with E-state index < -0.39 is 21.9 Å². The summed E-state index contributed by atoms with van der Waals surface area (Å²) in [6.45, 7) is 2.89. The third-order valence-corrected chi connectivity index (χ3v) is 8.88. The Morgan fingerprint density at radius 1 is 1.14 bits per heavy atom. The Bertz CT molecular complexity index is 1420. The van der Waals surface area contributed by atoms with Gasteiger partial charge in [-0.1, -0.05) is 24.3 Å². The van der Waals surface area contributed by atoms with Gasteiger partial charge in [-0.05, 0) is 55.2 Å². The van der Waals surface area contributed by atoms with E-state index in [-0.39, 0.29) is 17.0 Å². The first-order valence-corrected chi connectivity index (χ1v) is 13.4. The molecule has 1 aliphatic rings. The van der Waals surface area contributed by atoms with Gasteiger partial charge < -0.3 is 14.0 Å². The highest BCUT2D eigenvalue weighted by molar-refractivity contribution is 7.89. The van der Waals surface area contributed by atoms with Crippen molar-refractivity contribution in [1.82, 2.24) is 8.87 Å². The van der Waals surface area contributed by atoms with Gasteiger partial charge in [0, 0.05) is 18.7 Å². The largest absolute Gasteiger partial charge is 0.495 e. The van der Waals surface area contributed by atoms with Gasteiger partial charge in [0.15, 0.2) is 4.80 Å². The van der Waals surface area contributed by atoms with E-state index in [4.69, 9.17) is 9.47 Å². The van der Waals surface area contributed by atoms with Crippen molar-refractivity contribution < 1.29 is 27.5 Å². The summed E-state index contributed by atoms with van der Waals surface area (Å²) in [4.78, 5) is 29.7. The van der Waals surface area contributed by atoms with E-state index in [1.54, 1.807) is 10.6 Å². The molecule has 0 radical (unpaired) electrons. The molecule has 1 amide bonds. The number of carbonyl (C=O) groups is 2. The maximum absolute atomic E-state index is 13.0. The standard InChI is InChI=1S/C24H27N3O6S2/c1-16-6-5-13-26(14-16)35(30,31)18-11-9-17(10-12-18)23(29)25-24-27(15-21(28)33-3)22-19(32-2)7-4-8-20(22)34-24/h4,7-12,16H,5-6,13-15H2,1-3H3. The van der Waals surface area contributed by atoms with Crippen LogP contribution >= 0.6 is 11.3 Å². The number of ether oxygens (including phenoxy) is 2. The van der Waals surface area contributed by atoms with Gasteiger partial charge in [0.2, 0.25) is 10.0 Å². The van der Waals surface area contributed by atoms with E-state index >= 15 is 0 Å². The molecular formula is C24H27N3O6S2. The fourth-order valence-corrected chi connectivity index (χ4v) is 6.77. The van der Waals surface area contributed by atoms with E-state index in [2.05, 4.69) is 4.99 Å². The molecule has 1 aliphatic heterocycles. The molecule has 1 atom stereocenters. The number of nitrogens with zero attached hydrogens (tertiary/aromatic N) is 3. The normalized spacial score (nSPS) is 17.5. The second-order valence-electron chi connectivity index (χ2n) is 8.41. The fraction of sp³-hybridized carbons (Fsp3) is 0.375. The second kappa shape index (κ2) is 10.3. The van der Waals surface area contributed by atoms with Crippen LogP contribution in [0.4, 0.5) is 0 Å². The molecule has 1 saturated heterocycles. The van der Waals surface area contributed by atoms with Crippen LogP contribution in [0.2, 0.25) is 0 Å². The van der Waals surface area contributed by atoms with Crippen molar-refractivity contribution in [3.8, 4) is 5.75 Å². The number of hydrogen-bond acceptors (Lipinski definition) is 7. The van der Waals surface area contributed by atoms with Crippen LogP contribution in [0.5, 0.6) is 5.75 Å². The molecule has 0 saturated carbocycles. The molecule has 11 heteroatoms. The van der Waals surface area contributed by atoms with Crippen molar-refractivity contribution in [2.75, 3.05) is 27.3 Å². The molecule has 2 aromatic carbocycles. The number of para-hydroxylation sites is 1. The highest BCUT2D eigenvalue weighted by atomic mass is 32.2. The number of carbonyl (C=O) groups excluding carboxylic acids is 2. The zero-order valence-corrected chi connectivity index (χ0v) is 21.4. The van der Waals surface area contributed by atoms with Gasteiger partial charge >= 0.3 is 5.97 Å². The second-order valence-corrected chi connectivity index (χ2v) is 11.4. The van der Waals surface area contributed by atoms with Gasteiger partial charge in [-0.25, -0.2) is 8.42 Å². The number of methoxy groups -OCH3 is 2. The number of hydrogen-bond donors (Lipinski definition) is 0. The zero-order valence-electron chi connectivity index (χ0n) is 19.8. The number of rotatable bonds is 6. The van der Waals surface area contributed by atoms with Crippen molar-refractivity contribution in [3.63, 3.8) is 0 Å². The van der Waals surface area contributed by atoms with Crippen LogP contribution in [-0.4, -0.2) is 56.5 Å². The third kappa shape index (κ3) is 5.16. The average molecular weight is 518 g/mol. The molecule has 0 N–H and O–H groups in total. The molecule has 1 unspecified atom stereocenters. The number of amides is 1. The first kappa shape index (κ1) is 25.1. The number of fused-ring (bicyclic) bond motifs is 1. The highest BCUT2D eigenvalue weighted by Gasteiger charge is 2.28. The SMILES string of the molecule is COC(=O)Cn1c(=NC(=O)c2ccc(S(=O)(=O)N3CCCC(C)C3)cc2)sc2cccc(OC)c21. The lowest BCUT2D eigenvalue weighted by Crippen LogP contribution is -2.39. The lowest BCUT2D eigenvalue weighted by Gasteiger charge is -2.30. The minimum Gasteiger partial charge on any atom is -0.495 e. The van der Waals surface area contributed by atoms with Crippen LogP contribution in [0.1, 0.15) is 30.1 Å². The first-order chi connectivity index (χ1) is 16.7. The van der Waals surface area contributed by atoms with Gasteiger partial charge in [-0.15, -0.1) is 0 Å². The summed E-state index contributed by atoms with van der Waals surface area (Å²) < 4.78 is 40.1. The lowest BCUT2D eigenvalue weighted by atomic mass is 10.0. The molecule has 9 nitrogen and oxygen atoms in total. The van der Waals surface area contributed by atoms with Crippen molar-refractivity contribution in [3.05, 3.63) is 52.8 Å². The number of esters is 1. The number of piperidine rings is 1. The Morgan fingerprint density at radius 2 is 1.89 bits per heavy atom. The minimum atomic E-state index is -3.62. The Balaban J connectivity index is 1.68. The predicted molar refractivity (Wildman–Crippen MR) is 132 cm³/mol. The summed E-state index contributed by atoms with van der Waals surface area (Å²) in [6, 6.07) is 11.2. The Hall–Kier alpha value is -3.02. The minimum absolute atomic E-state index is 0.144. The van der Waals surface area contributed by atoms with Gasteiger partial charge in [-0.2, -0.15) is 9.30 Å². The molecule has 0 aliphatic carbocycles. The summed E-state index contributed by atoms with van der Waals surface area (Å²) in [7, 11) is -0.807. The number of thiazole rings is 1. The summed E-state index contributed by atoms with van der Waals surface area (Å²) >= 11 is 1.24. The van der Waals surface area contributed by atoms with Crippen LogP contribution in [-0.2, 0) is 26.1 Å². The van der Waals surface area contributed by atoms with E-state index in [0.717, 1.165) is 17.5 Å². The topological polar surface area (TPSA) is 107 Å². The lowest BCUT2D eigenvalue weighted by molar-refractivity contribution is -0.141. The highest BCUT2D eigenvalue weighted by Crippen LogP contribution is 2.28. The summed E-state index contributed by atoms with van der Waals surface area (Å²) in [5.74, 6) is -0.191. The van der Waals surface area contributed by atoms with Gasteiger partial charge in [-0.3, -0.25) is 9.59 Å². The van der Waals surface area contributed by atoms with Crippen molar-refractivity contribution in [2.24, 2.45) is 10.9 Å². The number of sulfonamides is 1. The summed E-state index contributed by atoms with van der Waals surface area (Å²) in [5, 5.41) is 0. The van der Waals surface area contributed by atoms with E-state index in [0.29, 0.717) is 35.1 Å².